The fourth-order valence-electron chi connectivity index (χ4n) is 4.86. The Morgan fingerprint density at radius 3 is 1.79 bits per heavy atom. The Morgan fingerprint density at radius 2 is 1.30 bits per heavy atom. The van der Waals surface area contributed by atoms with Crippen molar-refractivity contribution in [2.45, 2.75) is 43.5 Å². The molecule has 1 unspecified atom stereocenters. The fourth-order valence-corrected chi connectivity index (χ4v) is 4.86. The molecule has 3 aromatic rings. The summed E-state index contributed by atoms with van der Waals surface area (Å²) < 4.78 is 12.9. The highest BCUT2D eigenvalue weighted by Crippen LogP contribution is 2.41. The Labute approximate surface area is 196 Å². The lowest BCUT2D eigenvalue weighted by atomic mass is 9.79. The molecule has 4 heteroatoms. The van der Waals surface area contributed by atoms with Gasteiger partial charge in [-0.1, -0.05) is 97.4 Å². The smallest absolute Gasteiger partial charge is 0.143 e. The summed E-state index contributed by atoms with van der Waals surface area (Å²) in [6.45, 7) is 0.519. The van der Waals surface area contributed by atoms with E-state index in [9.17, 15) is 5.11 Å². The van der Waals surface area contributed by atoms with Crippen LogP contribution in [0.5, 0.6) is 0 Å². The van der Waals surface area contributed by atoms with Crippen molar-refractivity contribution < 1.29 is 19.7 Å². The van der Waals surface area contributed by atoms with Crippen molar-refractivity contribution >= 4 is 0 Å². The average Bonchev–Trinajstić information content (AvgIpc) is 2.90. The molecule has 1 saturated carbocycles. The van der Waals surface area contributed by atoms with Crippen LogP contribution < -0.4 is 0 Å². The van der Waals surface area contributed by atoms with E-state index in [4.69, 9.17) is 14.6 Å². The molecule has 2 N–H and O–H groups in total. The maximum absolute atomic E-state index is 9.64. The van der Waals surface area contributed by atoms with Gasteiger partial charge >= 0.3 is 0 Å². The molecule has 0 spiro atoms. The van der Waals surface area contributed by atoms with Crippen molar-refractivity contribution in [3.8, 4) is 0 Å². The summed E-state index contributed by atoms with van der Waals surface area (Å²) in [6, 6.07) is 31.4. The van der Waals surface area contributed by atoms with Gasteiger partial charge in [0.25, 0.3) is 0 Å². The van der Waals surface area contributed by atoms with Gasteiger partial charge in [-0.2, -0.15) is 0 Å². The Balaban J connectivity index is 1.61. The minimum Gasteiger partial charge on any atom is -0.394 e. The third kappa shape index (κ3) is 5.71. The Kier molecular flexibility index (Phi) is 8.30. The predicted molar refractivity (Wildman–Crippen MR) is 130 cm³/mol. The van der Waals surface area contributed by atoms with Gasteiger partial charge in [0.1, 0.15) is 11.7 Å². The van der Waals surface area contributed by atoms with Crippen molar-refractivity contribution in [2.75, 3.05) is 19.8 Å². The second-order valence-corrected chi connectivity index (χ2v) is 8.91. The van der Waals surface area contributed by atoms with Crippen LogP contribution >= 0.6 is 0 Å². The SMILES string of the molecule is OCC(O)CO[C@@H]1CCC[C@H](COC(c2ccccc2)(c2ccccc2)c2ccccc2)C1. The number of rotatable bonds is 10. The summed E-state index contributed by atoms with van der Waals surface area (Å²) in [5.74, 6) is 0.366. The lowest BCUT2D eigenvalue weighted by molar-refractivity contribution is -0.0657. The molecule has 3 aromatic carbocycles. The van der Waals surface area contributed by atoms with Gasteiger partial charge in [0.2, 0.25) is 0 Å². The maximum Gasteiger partial charge on any atom is 0.143 e. The van der Waals surface area contributed by atoms with E-state index in [1.54, 1.807) is 0 Å². The average molecular weight is 447 g/mol. The molecule has 4 nitrogen and oxygen atoms in total. The molecule has 0 saturated heterocycles. The van der Waals surface area contributed by atoms with E-state index in [1.165, 1.54) is 0 Å². The van der Waals surface area contributed by atoms with E-state index >= 15 is 0 Å². The van der Waals surface area contributed by atoms with Crippen LogP contribution in [0.4, 0.5) is 0 Å². The summed E-state index contributed by atoms with van der Waals surface area (Å²) in [6.07, 6.45) is 3.32. The van der Waals surface area contributed by atoms with E-state index in [0.29, 0.717) is 12.5 Å². The number of hydrogen-bond acceptors (Lipinski definition) is 4. The molecule has 1 aliphatic rings. The van der Waals surface area contributed by atoms with Crippen molar-refractivity contribution in [1.29, 1.82) is 0 Å². The van der Waals surface area contributed by atoms with Crippen LogP contribution in [0.25, 0.3) is 0 Å². The van der Waals surface area contributed by atoms with E-state index in [-0.39, 0.29) is 19.3 Å². The zero-order valence-electron chi connectivity index (χ0n) is 19.1. The monoisotopic (exact) mass is 446 g/mol. The highest BCUT2D eigenvalue weighted by atomic mass is 16.5. The first-order valence-electron chi connectivity index (χ1n) is 11.9. The molecule has 0 amide bonds. The van der Waals surface area contributed by atoms with Gasteiger partial charge in [-0.3, -0.25) is 0 Å². The van der Waals surface area contributed by atoms with Crippen LogP contribution in [-0.4, -0.2) is 42.2 Å². The normalized spacial score (nSPS) is 19.8. The fraction of sp³-hybridized carbons (Fsp3) is 0.379. The molecule has 3 atom stereocenters. The zero-order valence-corrected chi connectivity index (χ0v) is 19.1. The van der Waals surface area contributed by atoms with Gasteiger partial charge < -0.3 is 19.7 Å². The van der Waals surface area contributed by atoms with Gasteiger partial charge in [-0.05, 0) is 41.9 Å². The molecule has 0 radical (unpaired) electrons. The summed E-state index contributed by atoms with van der Waals surface area (Å²) in [7, 11) is 0. The summed E-state index contributed by atoms with van der Waals surface area (Å²) in [4.78, 5) is 0. The van der Waals surface area contributed by atoms with Crippen LogP contribution in [0.15, 0.2) is 91.0 Å². The van der Waals surface area contributed by atoms with E-state index in [0.717, 1.165) is 42.4 Å². The van der Waals surface area contributed by atoms with E-state index in [1.807, 2.05) is 18.2 Å². The highest BCUT2D eigenvalue weighted by molar-refractivity contribution is 5.47. The number of ether oxygens (including phenoxy) is 2. The first kappa shape index (κ1) is 23.7. The Hall–Kier alpha value is -2.50. The molecule has 174 valence electrons. The first-order chi connectivity index (χ1) is 16.2. The van der Waals surface area contributed by atoms with Crippen molar-refractivity contribution in [1.82, 2.24) is 0 Å². The lowest BCUT2D eigenvalue weighted by Crippen LogP contribution is -2.36. The predicted octanol–water partition coefficient (Wildman–Crippen LogP) is 4.92. The van der Waals surface area contributed by atoms with Crippen molar-refractivity contribution in [3.05, 3.63) is 108 Å². The number of benzene rings is 3. The number of aliphatic hydroxyl groups is 2. The molecular formula is C29H34O4. The van der Waals surface area contributed by atoms with Gasteiger partial charge in [0, 0.05) is 0 Å². The van der Waals surface area contributed by atoms with Crippen LogP contribution in [0.1, 0.15) is 42.4 Å². The number of aliphatic hydroxyl groups excluding tert-OH is 2. The third-order valence-corrected chi connectivity index (χ3v) is 6.55. The van der Waals surface area contributed by atoms with Gasteiger partial charge in [-0.25, -0.2) is 0 Å². The molecule has 1 fully saturated rings. The molecule has 0 aliphatic heterocycles. The standard InChI is InChI=1S/C29H34O4/c30-20-27(31)22-32-28-18-10-11-23(19-28)21-33-29(24-12-4-1-5-13-24,25-14-6-2-7-15-25)26-16-8-3-9-17-26/h1-9,12-17,23,27-28,30-31H,10-11,18-22H2/t23-,27?,28+/m0/s1. The molecule has 0 bridgehead atoms. The Bertz CT molecular complexity index is 848. The minimum absolute atomic E-state index is 0.0909. The quantitative estimate of drug-likeness (QED) is 0.434. The van der Waals surface area contributed by atoms with Crippen LogP contribution in [-0.2, 0) is 15.1 Å². The second-order valence-electron chi connectivity index (χ2n) is 8.91. The molecule has 0 heterocycles. The minimum atomic E-state index is -0.816. The highest BCUT2D eigenvalue weighted by Gasteiger charge is 2.38. The zero-order chi connectivity index (χ0) is 22.9. The topological polar surface area (TPSA) is 58.9 Å². The van der Waals surface area contributed by atoms with Gasteiger partial charge in [0.15, 0.2) is 0 Å². The Morgan fingerprint density at radius 1 is 0.788 bits per heavy atom. The molecule has 1 aliphatic carbocycles. The molecule has 4 rings (SSSR count). The summed E-state index contributed by atoms with van der Waals surface area (Å²) in [5, 5.41) is 18.7. The van der Waals surface area contributed by atoms with Crippen molar-refractivity contribution in [2.24, 2.45) is 5.92 Å². The summed E-state index contributed by atoms with van der Waals surface area (Å²) in [5.41, 5.74) is 2.62. The first-order valence-corrected chi connectivity index (χ1v) is 11.9. The lowest BCUT2D eigenvalue weighted by Gasteiger charge is -2.38. The van der Waals surface area contributed by atoms with Gasteiger partial charge in [0.05, 0.1) is 25.9 Å². The maximum atomic E-state index is 9.64. The van der Waals surface area contributed by atoms with E-state index < -0.39 is 11.7 Å². The molecule has 0 aromatic heterocycles. The molecular weight excluding hydrogens is 412 g/mol. The summed E-state index contributed by atoms with van der Waals surface area (Å²) >= 11 is 0. The second kappa shape index (κ2) is 11.6. The van der Waals surface area contributed by atoms with Crippen molar-refractivity contribution in [3.63, 3.8) is 0 Å². The number of hydrogen-bond donors (Lipinski definition) is 2. The molecule has 33 heavy (non-hydrogen) atoms. The van der Waals surface area contributed by atoms with Gasteiger partial charge in [-0.15, -0.1) is 0 Å². The van der Waals surface area contributed by atoms with Crippen LogP contribution in [0.2, 0.25) is 0 Å². The van der Waals surface area contributed by atoms with Crippen LogP contribution in [0, 0.1) is 5.92 Å². The third-order valence-electron chi connectivity index (χ3n) is 6.55. The van der Waals surface area contributed by atoms with Crippen LogP contribution in [0.3, 0.4) is 0 Å². The van der Waals surface area contributed by atoms with E-state index in [2.05, 4.69) is 72.8 Å². The largest absolute Gasteiger partial charge is 0.394 e.